The molecule has 0 aromatic heterocycles. The van der Waals surface area contributed by atoms with E-state index in [0.717, 1.165) is 0 Å². The van der Waals surface area contributed by atoms with E-state index in [1.54, 1.807) is 6.92 Å². The number of aliphatic carboxylic acids is 1. The summed E-state index contributed by atoms with van der Waals surface area (Å²) < 4.78 is 31.9. The highest BCUT2D eigenvalue weighted by atomic mass is 32.2. The van der Waals surface area contributed by atoms with Crippen molar-refractivity contribution >= 4 is 16.1 Å². The average Bonchev–Trinajstić information content (AvgIpc) is 2.15. The highest BCUT2D eigenvalue weighted by molar-refractivity contribution is 7.85. The Labute approximate surface area is 93.5 Å². The zero-order chi connectivity index (χ0) is 12.3. The molecule has 0 heterocycles. The summed E-state index contributed by atoms with van der Waals surface area (Å²) in [4.78, 5) is 10.0. The number of hydrogen-bond acceptors (Lipinski definition) is 5. The molecule has 0 N–H and O–H groups in total. The number of carboxylic acid groups (broad SMARTS) is 1. The SMILES string of the molecule is CC(CC(=O)[O-])c1ccc(S(=O)(=O)[O-])cc1. The van der Waals surface area contributed by atoms with Gasteiger partial charge in [0.1, 0.15) is 10.1 Å². The van der Waals surface area contributed by atoms with Crippen LogP contribution in [0.3, 0.4) is 0 Å². The maximum absolute atomic E-state index is 10.6. The van der Waals surface area contributed by atoms with Gasteiger partial charge in [-0.2, -0.15) is 0 Å². The van der Waals surface area contributed by atoms with Crippen LogP contribution in [0.2, 0.25) is 0 Å². The van der Waals surface area contributed by atoms with Crippen molar-refractivity contribution in [2.24, 2.45) is 0 Å². The summed E-state index contributed by atoms with van der Waals surface area (Å²) in [7, 11) is -4.45. The van der Waals surface area contributed by atoms with Crippen molar-refractivity contribution in [3.63, 3.8) is 0 Å². The van der Waals surface area contributed by atoms with Gasteiger partial charge in [-0.15, -0.1) is 0 Å². The Morgan fingerprint density at radius 3 is 2.19 bits per heavy atom. The van der Waals surface area contributed by atoms with Crippen molar-refractivity contribution in [1.29, 1.82) is 0 Å². The normalized spacial score (nSPS) is 13.4. The van der Waals surface area contributed by atoms with Crippen molar-refractivity contribution in [3.8, 4) is 0 Å². The second-order valence-electron chi connectivity index (χ2n) is 3.50. The lowest BCUT2D eigenvalue weighted by atomic mass is 9.98. The summed E-state index contributed by atoms with van der Waals surface area (Å²) in [6, 6.07) is 5.20. The first-order valence-electron chi connectivity index (χ1n) is 4.56. The lowest BCUT2D eigenvalue weighted by molar-refractivity contribution is -0.306. The molecule has 0 spiro atoms. The van der Waals surface area contributed by atoms with Gasteiger partial charge in [0.15, 0.2) is 0 Å². The topological polar surface area (TPSA) is 97.3 Å². The Kier molecular flexibility index (Phi) is 3.66. The third-order valence-electron chi connectivity index (χ3n) is 2.21. The van der Waals surface area contributed by atoms with Crippen LogP contribution in [0.5, 0.6) is 0 Å². The van der Waals surface area contributed by atoms with Crippen LogP contribution in [0.15, 0.2) is 29.2 Å². The number of carboxylic acids is 1. The maximum atomic E-state index is 10.6. The van der Waals surface area contributed by atoms with E-state index < -0.39 is 16.1 Å². The molecule has 16 heavy (non-hydrogen) atoms. The Morgan fingerprint density at radius 1 is 1.31 bits per heavy atom. The van der Waals surface area contributed by atoms with E-state index >= 15 is 0 Å². The van der Waals surface area contributed by atoms with Crippen LogP contribution in [-0.4, -0.2) is 18.9 Å². The number of hydrogen-bond donors (Lipinski definition) is 0. The first-order valence-corrected chi connectivity index (χ1v) is 5.97. The molecule has 1 atom stereocenters. The molecule has 1 aromatic carbocycles. The van der Waals surface area contributed by atoms with Crippen LogP contribution >= 0.6 is 0 Å². The van der Waals surface area contributed by atoms with E-state index in [1.165, 1.54) is 24.3 Å². The van der Waals surface area contributed by atoms with E-state index in [4.69, 9.17) is 0 Å². The summed E-state index contributed by atoms with van der Waals surface area (Å²) in [5.74, 6) is -1.46. The van der Waals surface area contributed by atoms with E-state index in [-0.39, 0.29) is 17.2 Å². The van der Waals surface area contributed by atoms with Crippen molar-refractivity contribution in [1.82, 2.24) is 0 Å². The minimum atomic E-state index is -4.45. The highest BCUT2D eigenvalue weighted by Gasteiger charge is 2.07. The Balaban J connectivity index is 2.91. The van der Waals surface area contributed by atoms with Crippen LogP contribution in [0.1, 0.15) is 24.8 Å². The summed E-state index contributed by atoms with van der Waals surface area (Å²) in [6.45, 7) is 1.68. The maximum Gasteiger partial charge on any atom is 0.124 e. The minimum Gasteiger partial charge on any atom is -0.744 e. The molecule has 6 heteroatoms. The van der Waals surface area contributed by atoms with Gasteiger partial charge < -0.3 is 14.5 Å². The van der Waals surface area contributed by atoms with Gasteiger partial charge in [0.25, 0.3) is 0 Å². The molecule has 0 aliphatic carbocycles. The molecular weight excluding hydrogens is 232 g/mol. The number of benzene rings is 1. The summed E-state index contributed by atoms with van der Waals surface area (Å²) >= 11 is 0. The molecule has 0 bridgehead atoms. The number of rotatable bonds is 4. The fourth-order valence-electron chi connectivity index (χ4n) is 1.33. The first kappa shape index (κ1) is 12.7. The van der Waals surface area contributed by atoms with Gasteiger partial charge in [0, 0.05) is 5.97 Å². The summed E-state index contributed by atoms with van der Waals surface area (Å²) in [6.07, 6.45) is -0.149. The first-order chi connectivity index (χ1) is 7.30. The van der Waals surface area contributed by atoms with E-state index in [9.17, 15) is 22.9 Å². The van der Waals surface area contributed by atoms with Gasteiger partial charge in [0.2, 0.25) is 0 Å². The lowest BCUT2D eigenvalue weighted by Crippen LogP contribution is -2.23. The predicted octanol–water partition coefficient (Wildman–Crippen LogP) is -0.166. The molecule has 0 radical (unpaired) electrons. The van der Waals surface area contributed by atoms with Gasteiger partial charge in [-0.1, -0.05) is 19.1 Å². The average molecular weight is 242 g/mol. The van der Waals surface area contributed by atoms with Crippen LogP contribution in [0.4, 0.5) is 0 Å². The van der Waals surface area contributed by atoms with E-state index in [1.807, 2.05) is 0 Å². The van der Waals surface area contributed by atoms with Crippen LogP contribution in [-0.2, 0) is 14.9 Å². The van der Waals surface area contributed by atoms with Crippen LogP contribution < -0.4 is 5.11 Å². The largest absolute Gasteiger partial charge is 0.744 e. The zero-order valence-electron chi connectivity index (χ0n) is 8.54. The van der Waals surface area contributed by atoms with Crippen molar-refractivity contribution in [2.75, 3.05) is 0 Å². The molecule has 0 saturated carbocycles. The van der Waals surface area contributed by atoms with Gasteiger partial charge >= 0.3 is 0 Å². The fourth-order valence-corrected chi connectivity index (χ4v) is 1.80. The standard InChI is InChI=1S/C10H12O5S/c1-7(6-10(11)12)8-2-4-9(5-3-8)16(13,14)15/h2-5,7H,6H2,1H3,(H,11,12)(H,13,14,15)/p-2. The molecule has 88 valence electrons. The fraction of sp³-hybridized carbons (Fsp3) is 0.300. The molecule has 1 rings (SSSR count). The number of carbonyl (C=O) groups excluding carboxylic acids is 1. The predicted molar refractivity (Wildman–Crippen MR) is 52.4 cm³/mol. The Bertz CT molecular complexity index is 474. The highest BCUT2D eigenvalue weighted by Crippen LogP contribution is 2.20. The van der Waals surface area contributed by atoms with E-state index in [0.29, 0.717) is 5.56 Å². The second-order valence-corrected chi connectivity index (χ2v) is 4.88. The molecule has 5 nitrogen and oxygen atoms in total. The molecule has 0 saturated heterocycles. The van der Waals surface area contributed by atoms with Crippen LogP contribution in [0.25, 0.3) is 0 Å². The smallest absolute Gasteiger partial charge is 0.124 e. The molecule has 0 aliphatic heterocycles. The quantitative estimate of drug-likeness (QED) is 0.683. The molecule has 0 amide bonds. The van der Waals surface area contributed by atoms with Crippen molar-refractivity contribution in [2.45, 2.75) is 24.2 Å². The van der Waals surface area contributed by atoms with Gasteiger partial charge in [-0.3, -0.25) is 0 Å². The number of carbonyl (C=O) groups is 1. The summed E-state index contributed by atoms with van der Waals surface area (Å²) in [5.41, 5.74) is 0.650. The molecular formula is C10H10O5S-2. The van der Waals surface area contributed by atoms with Gasteiger partial charge in [-0.05, 0) is 30.0 Å². The second kappa shape index (κ2) is 4.63. The third-order valence-corrected chi connectivity index (χ3v) is 3.06. The Morgan fingerprint density at radius 2 is 1.81 bits per heavy atom. The van der Waals surface area contributed by atoms with Crippen molar-refractivity contribution < 1.29 is 22.9 Å². The molecule has 0 aliphatic rings. The monoisotopic (exact) mass is 242 g/mol. The molecule has 0 fully saturated rings. The van der Waals surface area contributed by atoms with Gasteiger partial charge in [-0.25, -0.2) is 8.42 Å². The summed E-state index contributed by atoms with van der Waals surface area (Å²) in [5, 5.41) is 10.4. The molecule has 1 unspecified atom stereocenters. The Hall–Kier alpha value is -1.40. The van der Waals surface area contributed by atoms with E-state index in [2.05, 4.69) is 0 Å². The zero-order valence-corrected chi connectivity index (χ0v) is 9.36. The lowest BCUT2D eigenvalue weighted by Gasteiger charge is -2.13. The van der Waals surface area contributed by atoms with Crippen LogP contribution in [0, 0.1) is 0 Å². The molecule has 1 aromatic rings. The van der Waals surface area contributed by atoms with Gasteiger partial charge in [0.05, 0.1) is 4.90 Å². The minimum absolute atomic E-state index is 0.149. The van der Waals surface area contributed by atoms with Crippen molar-refractivity contribution in [3.05, 3.63) is 29.8 Å². The third kappa shape index (κ3) is 3.32.